The number of nitriles is 1. The Labute approximate surface area is 114 Å². The van der Waals surface area contributed by atoms with Crippen molar-refractivity contribution in [1.82, 2.24) is 4.98 Å². The molecule has 2 heterocycles. The number of anilines is 1. The molecule has 1 fully saturated rings. The molecule has 1 aromatic rings. The Balaban J connectivity index is 2.41. The maximum absolute atomic E-state index is 11.1. The summed E-state index contributed by atoms with van der Waals surface area (Å²) in [5.74, 6) is -1.38. The predicted molar refractivity (Wildman–Crippen MR) is 68.2 cm³/mol. The maximum Gasteiger partial charge on any atom is 0.312 e. The van der Waals surface area contributed by atoms with Gasteiger partial charge in [-0.1, -0.05) is 0 Å². The Morgan fingerprint density at radius 3 is 2.90 bits per heavy atom. The van der Waals surface area contributed by atoms with Gasteiger partial charge >= 0.3 is 11.7 Å². The zero-order valence-electron chi connectivity index (χ0n) is 10.7. The highest BCUT2D eigenvalue weighted by Gasteiger charge is 2.38. The summed E-state index contributed by atoms with van der Waals surface area (Å²) in [6.45, 7) is 2.09. The van der Waals surface area contributed by atoms with E-state index in [0.717, 1.165) is 6.07 Å². The Kier molecular flexibility index (Phi) is 3.52. The van der Waals surface area contributed by atoms with Gasteiger partial charge in [0.05, 0.1) is 16.4 Å². The van der Waals surface area contributed by atoms with E-state index in [4.69, 9.17) is 10.4 Å². The Hall–Kier alpha value is -2.69. The van der Waals surface area contributed by atoms with Crippen LogP contribution in [0.2, 0.25) is 0 Å². The van der Waals surface area contributed by atoms with Gasteiger partial charge in [-0.25, -0.2) is 4.98 Å². The van der Waals surface area contributed by atoms with Crippen LogP contribution in [-0.2, 0) is 4.79 Å². The summed E-state index contributed by atoms with van der Waals surface area (Å²) in [5.41, 5.74) is -0.177. The first-order valence-electron chi connectivity index (χ1n) is 5.99. The number of nitro groups is 1. The van der Waals surface area contributed by atoms with Crippen molar-refractivity contribution in [1.29, 1.82) is 5.26 Å². The molecule has 1 saturated heterocycles. The molecule has 8 heteroatoms. The third-order valence-corrected chi connectivity index (χ3v) is 3.52. The number of pyridine rings is 1. The number of nitrogens with zero attached hydrogens (tertiary/aromatic N) is 4. The SMILES string of the molecule is CC1C(C(=O)O)CCN1c1ncc(C#N)cc1[N+](=O)[O-]. The lowest BCUT2D eigenvalue weighted by Gasteiger charge is -2.23. The van der Waals surface area contributed by atoms with Crippen molar-refractivity contribution in [3.05, 3.63) is 27.9 Å². The van der Waals surface area contributed by atoms with E-state index in [1.807, 2.05) is 0 Å². The highest BCUT2D eigenvalue weighted by molar-refractivity contribution is 5.73. The number of carboxylic acids is 1. The molecule has 1 aliphatic heterocycles. The minimum Gasteiger partial charge on any atom is -0.481 e. The molecular weight excluding hydrogens is 264 g/mol. The molecule has 1 N–H and O–H groups in total. The molecule has 8 nitrogen and oxygen atoms in total. The fourth-order valence-electron chi connectivity index (χ4n) is 2.43. The minimum absolute atomic E-state index is 0.0992. The first-order valence-corrected chi connectivity index (χ1v) is 5.99. The van der Waals surface area contributed by atoms with E-state index < -0.39 is 16.8 Å². The Morgan fingerprint density at radius 1 is 1.70 bits per heavy atom. The van der Waals surface area contributed by atoms with Crippen LogP contribution < -0.4 is 4.90 Å². The van der Waals surface area contributed by atoms with Crippen LogP contribution in [0, 0.1) is 27.4 Å². The van der Waals surface area contributed by atoms with Crippen LogP contribution >= 0.6 is 0 Å². The van der Waals surface area contributed by atoms with Crippen molar-refractivity contribution in [2.24, 2.45) is 5.92 Å². The second kappa shape index (κ2) is 5.13. The number of aliphatic carboxylic acids is 1. The Morgan fingerprint density at radius 2 is 2.40 bits per heavy atom. The Bertz CT molecular complexity index is 610. The number of carbonyl (C=O) groups is 1. The van der Waals surface area contributed by atoms with Crippen molar-refractivity contribution in [2.45, 2.75) is 19.4 Å². The van der Waals surface area contributed by atoms with Gasteiger partial charge in [0, 0.05) is 24.8 Å². The zero-order valence-corrected chi connectivity index (χ0v) is 10.7. The first kappa shape index (κ1) is 13.7. The van der Waals surface area contributed by atoms with Gasteiger partial charge in [-0.15, -0.1) is 0 Å². The van der Waals surface area contributed by atoms with Crippen molar-refractivity contribution in [3.63, 3.8) is 0 Å². The lowest BCUT2D eigenvalue weighted by Crippen LogP contribution is -2.33. The van der Waals surface area contributed by atoms with Gasteiger partial charge in [0.2, 0.25) is 5.82 Å². The van der Waals surface area contributed by atoms with Crippen molar-refractivity contribution < 1.29 is 14.8 Å². The number of hydrogen-bond acceptors (Lipinski definition) is 6. The van der Waals surface area contributed by atoms with E-state index in [9.17, 15) is 14.9 Å². The molecule has 0 radical (unpaired) electrons. The molecule has 20 heavy (non-hydrogen) atoms. The summed E-state index contributed by atoms with van der Waals surface area (Å²) in [5, 5.41) is 28.9. The average molecular weight is 276 g/mol. The van der Waals surface area contributed by atoms with Gasteiger partial charge in [0.1, 0.15) is 6.07 Å². The van der Waals surface area contributed by atoms with Gasteiger partial charge < -0.3 is 10.0 Å². The van der Waals surface area contributed by atoms with Crippen LogP contribution in [0.3, 0.4) is 0 Å². The van der Waals surface area contributed by atoms with Crippen LogP contribution in [0.4, 0.5) is 11.5 Å². The summed E-state index contributed by atoms with van der Waals surface area (Å²) >= 11 is 0. The van der Waals surface area contributed by atoms with Crippen LogP contribution in [-0.4, -0.2) is 33.6 Å². The van der Waals surface area contributed by atoms with Crippen LogP contribution in [0.5, 0.6) is 0 Å². The second-order valence-corrected chi connectivity index (χ2v) is 4.60. The van der Waals surface area contributed by atoms with E-state index in [-0.39, 0.29) is 23.1 Å². The third-order valence-electron chi connectivity index (χ3n) is 3.52. The molecular formula is C12H12N4O4. The molecule has 0 amide bonds. The largest absolute Gasteiger partial charge is 0.481 e. The fraction of sp³-hybridized carbons (Fsp3) is 0.417. The standard InChI is InChI=1S/C12H12N4O4/c1-7-9(12(17)18)2-3-15(7)11-10(16(19)20)4-8(5-13)6-14-11/h4,6-7,9H,2-3H2,1H3,(H,17,18). The summed E-state index contributed by atoms with van der Waals surface area (Å²) in [6.07, 6.45) is 1.67. The monoisotopic (exact) mass is 276 g/mol. The smallest absolute Gasteiger partial charge is 0.312 e. The summed E-state index contributed by atoms with van der Waals surface area (Å²) in [6, 6.07) is 2.57. The zero-order chi connectivity index (χ0) is 14.9. The molecule has 1 aromatic heterocycles. The van der Waals surface area contributed by atoms with Crippen LogP contribution in [0.15, 0.2) is 12.3 Å². The number of carboxylic acid groups (broad SMARTS) is 1. The van der Waals surface area contributed by atoms with Gasteiger partial charge in [0.15, 0.2) is 0 Å². The lowest BCUT2D eigenvalue weighted by atomic mass is 10.0. The fourth-order valence-corrected chi connectivity index (χ4v) is 2.43. The number of hydrogen-bond donors (Lipinski definition) is 1. The third kappa shape index (κ3) is 2.25. The molecule has 2 rings (SSSR count). The van der Waals surface area contributed by atoms with Gasteiger partial charge in [-0.2, -0.15) is 5.26 Å². The van der Waals surface area contributed by atoms with E-state index >= 15 is 0 Å². The van der Waals surface area contributed by atoms with Crippen molar-refractivity contribution >= 4 is 17.5 Å². The minimum atomic E-state index is -0.920. The molecule has 0 aromatic carbocycles. The molecule has 1 aliphatic rings. The molecule has 0 spiro atoms. The van der Waals surface area contributed by atoms with Gasteiger partial charge in [0.25, 0.3) is 0 Å². The van der Waals surface area contributed by atoms with Gasteiger partial charge in [-0.05, 0) is 13.3 Å². The maximum atomic E-state index is 11.1. The highest BCUT2D eigenvalue weighted by Crippen LogP contribution is 2.34. The van der Waals surface area contributed by atoms with Crippen molar-refractivity contribution in [2.75, 3.05) is 11.4 Å². The van der Waals surface area contributed by atoms with E-state index in [1.54, 1.807) is 17.9 Å². The normalized spacial score (nSPS) is 21.5. The van der Waals surface area contributed by atoms with E-state index in [0.29, 0.717) is 13.0 Å². The predicted octanol–water partition coefficient (Wildman–Crippen LogP) is 1.16. The summed E-state index contributed by atoms with van der Waals surface area (Å²) in [4.78, 5) is 27.1. The van der Waals surface area contributed by atoms with Crippen molar-refractivity contribution in [3.8, 4) is 6.07 Å². The second-order valence-electron chi connectivity index (χ2n) is 4.60. The van der Waals surface area contributed by atoms with Crippen LogP contribution in [0.25, 0.3) is 0 Å². The van der Waals surface area contributed by atoms with E-state index in [2.05, 4.69) is 4.98 Å². The topological polar surface area (TPSA) is 120 Å². The molecule has 0 saturated carbocycles. The summed E-state index contributed by atoms with van der Waals surface area (Å²) in [7, 11) is 0. The first-order chi connectivity index (χ1) is 9.45. The molecule has 104 valence electrons. The lowest BCUT2D eigenvalue weighted by molar-refractivity contribution is -0.384. The summed E-state index contributed by atoms with van der Waals surface area (Å²) < 4.78 is 0. The average Bonchev–Trinajstić information content (AvgIpc) is 2.79. The van der Waals surface area contributed by atoms with Gasteiger partial charge in [-0.3, -0.25) is 14.9 Å². The quantitative estimate of drug-likeness (QED) is 0.649. The number of aromatic nitrogens is 1. The molecule has 0 bridgehead atoms. The molecule has 2 unspecified atom stereocenters. The van der Waals surface area contributed by atoms with Crippen LogP contribution in [0.1, 0.15) is 18.9 Å². The molecule has 2 atom stereocenters. The highest BCUT2D eigenvalue weighted by atomic mass is 16.6. The number of rotatable bonds is 3. The van der Waals surface area contributed by atoms with E-state index in [1.165, 1.54) is 6.20 Å². The molecule has 0 aliphatic carbocycles.